The highest BCUT2D eigenvalue weighted by Crippen LogP contribution is 2.15. The van der Waals surface area contributed by atoms with Crippen LogP contribution in [0.3, 0.4) is 0 Å². The standard InChI is InChI=1S/C8H17N3O/c1-7-2-4-11(5-3-7)6-8(9)10-12/h7,12H,2-6H2,1H3,(H2,9,10). The van der Waals surface area contributed by atoms with Crippen LogP contribution >= 0.6 is 0 Å². The average molecular weight is 171 g/mol. The van der Waals surface area contributed by atoms with Crippen molar-refractivity contribution in [3.8, 4) is 0 Å². The third-order valence-electron chi connectivity index (χ3n) is 2.39. The van der Waals surface area contributed by atoms with Gasteiger partial charge in [-0.3, -0.25) is 4.90 Å². The fraction of sp³-hybridized carbons (Fsp3) is 0.875. The van der Waals surface area contributed by atoms with Crippen LogP contribution in [-0.2, 0) is 0 Å². The first-order valence-corrected chi connectivity index (χ1v) is 4.41. The zero-order chi connectivity index (χ0) is 8.97. The lowest BCUT2D eigenvalue weighted by Gasteiger charge is -2.29. The lowest BCUT2D eigenvalue weighted by atomic mass is 9.99. The number of amidine groups is 1. The Morgan fingerprint density at radius 3 is 2.67 bits per heavy atom. The van der Waals surface area contributed by atoms with E-state index in [4.69, 9.17) is 10.9 Å². The molecule has 0 bridgehead atoms. The van der Waals surface area contributed by atoms with Crippen LogP contribution in [0.25, 0.3) is 0 Å². The number of hydrogen-bond acceptors (Lipinski definition) is 3. The second-order valence-corrected chi connectivity index (χ2v) is 3.55. The monoisotopic (exact) mass is 171 g/mol. The Morgan fingerprint density at radius 1 is 1.58 bits per heavy atom. The van der Waals surface area contributed by atoms with Gasteiger partial charge in [0, 0.05) is 0 Å². The predicted molar refractivity (Wildman–Crippen MR) is 48.2 cm³/mol. The molecule has 0 saturated carbocycles. The fourth-order valence-corrected chi connectivity index (χ4v) is 1.48. The Kier molecular flexibility index (Phi) is 3.34. The molecule has 0 aromatic heterocycles. The van der Waals surface area contributed by atoms with Crippen LogP contribution in [0, 0.1) is 5.92 Å². The number of likely N-dealkylation sites (tertiary alicyclic amines) is 1. The van der Waals surface area contributed by atoms with E-state index in [0.29, 0.717) is 12.4 Å². The van der Waals surface area contributed by atoms with E-state index in [1.165, 1.54) is 12.8 Å². The van der Waals surface area contributed by atoms with Crippen molar-refractivity contribution in [1.29, 1.82) is 0 Å². The molecule has 0 atom stereocenters. The van der Waals surface area contributed by atoms with E-state index in [2.05, 4.69) is 17.0 Å². The van der Waals surface area contributed by atoms with Crippen molar-refractivity contribution in [1.82, 2.24) is 4.90 Å². The molecule has 70 valence electrons. The zero-order valence-electron chi connectivity index (χ0n) is 7.53. The van der Waals surface area contributed by atoms with Gasteiger partial charge in [-0.2, -0.15) is 0 Å². The maximum atomic E-state index is 8.35. The minimum atomic E-state index is 0.310. The normalized spacial score (nSPS) is 22.9. The maximum Gasteiger partial charge on any atom is 0.153 e. The first-order chi connectivity index (χ1) is 5.72. The average Bonchev–Trinajstić information content (AvgIpc) is 2.09. The predicted octanol–water partition coefficient (Wildman–Crippen LogP) is 0.465. The van der Waals surface area contributed by atoms with Crippen molar-refractivity contribution < 1.29 is 5.21 Å². The molecule has 12 heavy (non-hydrogen) atoms. The molecule has 4 nitrogen and oxygen atoms in total. The number of oxime groups is 1. The highest BCUT2D eigenvalue weighted by Gasteiger charge is 2.15. The molecule has 1 saturated heterocycles. The van der Waals surface area contributed by atoms with Crippen LogP contribution in [0.15, 0.2) is 5.16 Å². The Morgan fingerprint density at radius 2 is 2.17 bits per heavy atom. The van der Waals surface area contributed by atoms with Crippen LogP contribution < -0.4 is 5.73 Å². The van der Waals surface area contributed by atoms with Crippen LogP contribution in [0.5, 0.6) is 0 Å². The third-order valence-corrected chi connectivity index (χ3v) is 2.39. The summed E-state index contributed by atoms with van der Waals surface area (Å²) in [4.78, 5) is 2.22. The molecular formula is C8H17N3O. The molecule has 0 aliphatic carbocycles. The van der Waals surface area contributed by atoms with Gasteiger partial charge < -0.3 is 10.9 Å². The van der Waals surface area contributed by atoms with E-state index in [-0.39, 0.29) is 0 Å². The maximum absolute atomic E-state index is 8.35. The van der Waals surface area contributed by atoms with Gasteiger partial charge in [0.25, 0.3) is 0 Å². The first-order valence-electron chi connectivity index (χ1n) is 4.41. The second kappa shape index (κ2) is 4.30. The molecule has 0 radical (unpaired) electrons. The molecular weight excluding hydrogens is 154 g/mol. The van der Waals surface area contributed by atoms with Crippen LogP contribution in [0.2, 0.25) is 0 Å². The van der Waals surface area contributed by atoms with Gasteiger partial charge in [0.2, 0.25) is 0 Å². The number of piperidine rings is 1. The molecule has 0 amide bonds. The number of hydrogen-bond donors (Lipinski definition) is 2. The van der Waals surface area contributed by atoms with Gasteiger partial charge in [-0.1, -0.05) is 12.1 Å². The van der Waals surface area contributed by atoms with Crippen molar-refractivity contribution in [2.75, 3.05) is 19.6 Å². The van der Waals surface area contributed by atoms with Crippen molar-refractivity contribution >= 4 is 5.84 Å². The summed E-state index contributed by atoms with van der Waals surface area (Å²) in [5.74, 6) is 1.14. The zero-order valence-corrected chi connectivity index (χ0v) is 7.53. The number of rotatable bonds is 2. The molecule has 4 heteroatoms. The molecule has 1 heterocycles. The summed E-state index contributed by atoms with van der Waals surface area (Å²) >= 11 is 0. The van der Waals surface area contributed by atoms with Gasteiger partial charge in [0.1, 0.15) is 0 Å². The topological polar surface area (TPSA) is 61.8 Å². The van der Waals surface area contributed by atoms with E-state index in [0.717, 1.165) is 19.0 Å². The molecule has 3 N–H and O–H groups in total. The van der Waals surface area contributed by atoms with Crippen LogP contribution in [0.4, 0.5) is 0 Å². The third kappa shape index (κ3) is 2.70. The quantitative estimate of drug-likeness (QED) is 0.275. The van der Waals surface area contributed by atoms with Crippen molar-refractivity contribution in [3.63, 3.8) is 0 Å². The lowest BCUT2D eigenvalue weighted by Crippen LogP contribution is -2.39. The summed E-state index contributed by atoms with van der Waals surface area (Å²) in [6, 6.07) is 0. The summed E-state index contributed by atoms with van der Waals surface area (Å²) in [6.07, 6.45) is 2.44. The largest absolute Gasteiger partial charge is 0.409 e. The Hall–Kier alpha value is -0.770. The molecule has 0 aromatic carbocycles. The molecule has 1 aliphatic rings. The summed E-state index contributed by atoms with van der Waals surface area (Å²) in [5.41, 5.74) is 5.40. The van der Waals surface area contributed by atoms with Crippen LogP contribution in [0.1, 0.15) is 19.8 Å². The molecule has 1 aliphatic heterocycles. The number of nitrogens with zero attached hydrogens (tertiary/aromatic N) is 2. The number of nitrogens with two attached hydrogens (primary N) is 1. The van der Waals surface area contributed by atoms with Gasteiger partial charge in [0.05, 0.1) is 6.54 Å². The van der Waals surface area contributed by atoms with E-state index < -0.39 is 0 Å². The minimum absolute atomic E-state index is 0.310. The SMILES string of the molecule is CC1CCN(C/C(N)=N\O)CC1. The minimum Gasteiger partial charge on any atom is -0.409 e. The van der Waals surface area contributed by atoms with Gasteiger partial charge in [-0.25, -0.2) is 0 Å². The Balaban J connectivity index is 2.26. The van der Waals surface area contributed by atoms with Gasteiger partial charge >= 0.3 is 0 Å². The van der Waals surface area contributed by atoms with Gasteiger partial charge in [-0.05, 0) is 31.8 Å². The van der Waals surface area contributed by atoms with E-state index in [9.17, 15) is 0 Å². The Labute approximate surface area is 73.0 Å². The van der Waals surface area contributed by atoms with E-state index in [1.807, 2.05) is 0 Å². The van der Waals surface area contributed by atoms with Crippen molar-refractivity contribution in [2.24, 2.45) is 16.8 Å². The van der Waals surface area contributed by atoms with E-state index >= 15 is 0 Å². The summed E-state index contributed by atoms with van der Waals surface area (Å²) in [5, 5.41) is 11.3. The lowest BCUT2D eigenvalue weighted by molar-refractivity contribution is 0.212. The fourth-order valence-electron chi connectivity index (χ4n) is 1.48. The highest BCUT2D eigenvalue weighted by molar-refractivity contribution is 5.81. The first kappa shape index (κ1) is 9.32. The Bertz CT molecular complexity index is 162. The molecule has 1 fully saturated rings. The van der Waals surface area contributed by atoms with Gasteiger partial charge in [-0.15, -0.1) is 0 Å². The van der Waals surface area contributed by atoms with Gasteiger partial charge in [0.15, 0.2) is 5.84 Å². The highest BCUT2D eigenvalue weighted by atomic mass is 16.4. The smallest absolute Gasteiger partial charge is 0.153 e. The molecule has 1 rings (SSSR count). The van der Waals surface area contributed by atoms with Crippen LogP contribution in [-0.4, -0.2) is 35.6 Å². The molecule has 0 aromatic rings. The summed E-state index contributed by atoms with van der Waals surface area (Å²) in [6.45, 7) is 5.00. The summed E-state index contributed by atoms with van der Waals surface area (Å²) in [7, 11) is 0. The van der Waals surface area contributed by atoms with E-state index in [1.54, 1.807) is 0 Å². The summed E-state index contributed by atoms with van der Waals surface area (Å²) < 4.78 is 0. The molecule has 0 spiro atoms. The second-order valence-electron chi connectivity index (χ2n) is 3.55. The van der Waals surface area contributed by atoms with Crippen molar-refractivity contribution in [3.05, 3.63) is 0 Å². The molecule has 0 unspecified atom stereocenters. The van der Waals surface area contributed by atoms with Crippen molar-refractivity contribution in [2.45, 2.75) is 19.8 Å².